The van der Waals surface area contributed by atoms with Crippen molar-refractivity contribution in [2.75, 3.05) is 0 Å². The molecule has 4 rings (SSSR count). The zero-order valence-electron chi connectivity index (χ0n) is 14.8. The van der Waals surface area contributed by atoms with Crippen molar-refractivity contribution >= 4 is 17.4 Å². The maximum atomic E-state index is 13.8. The normalized spacial score (nSPS) is 10.9. The van der Waals surface area contributed by atoms with Crippen molar-refractivity contribution < 1.29 is 18.0 Å². The van der Waals surface area contributed by atoms with Gasteiger partial charge in [-0.2, -0.15) is 0 Å². The van der Waals surface area contributed by atoms with E-state index in [4.69, 9.17) is 16.0 Å². The number of ketones is 1. The van der Waals surface area contributed by atoms with E-state index in [0.29, 0.717) is 33.3 Å². The van der Waals surface area contributed by atoms with E-state index < -0.39 is 23.0 Å². The number of aromatic nitrogens is 3. The molecule has 2 aromatic carbocycles. The van der Waals surface area contributed by atoms with Gasteiger partial charge >= 0.3 is 0 Å². The van der Waals surface area contributed by atoms with Gasteiger partial charge < -0.3 is 4.42 Å². The van der Waals surface area contributed by atoms with Crippen LogP contribution < -0.4 is 0 Å². The lowest BCUT2D eigenvalue weighted by Gasteiger charge is -2.08. The lowest BCUT2D eigenvalue weighted by Crippen LogP contribution is -2.10. The highest BCUT2D eigenvalue weighted by Crippen LogP contribution is 2.31. The highest BCUT2D eigenvalue weighted by atomic mass is 35.5. The van der Waals surface area contributed by atoms with Crippen LogP contribution >= 0.6 is 11.6 Å². The van der Waals surface area contributed by atoms with Crippen LogP contribution in [-0.4, -0.2) is 21.0 Å². The molecule has 2 heterocycles. The minimum absolute atomic E-state index is 0.228. The Balaban J connectivity index is 1.59. The smallest absolute Gasteiger partial charge is 0.247 e. The molecular formula is C21H12ClF2N3O2. The van der Waals surface area contributed by atoms with E-state index in [1.807, 2.05) is 0 Å². The van der Waals surface area contributed by atoms with Gasteiger partial charge in [0.1, 0.15) is 11.6 Å². The van der Waals surface area contributed by atoms with Gasteiger partial charge in [0.15, 0.2) is 5.78 Å². The summed E-state index contributed by atoms with van der Waals surface area (Å²) >= 11 is 6.30. The fourth-order valence-corrected chi connectivity index (χ4v) is 3.11. The fraction of sp³-hybridized carbons (Fsp3) is 0.0476. The molecule has 0 aliphatic rings. The minimum atomic E-state index is -0.892. The number of pyridine rings is 1. The van der Waals surface area contributed by atoms with E-state index in [1.54, 1.807) is 36.5 Å². The summed E-state index contributed by atoms with van der Waals surface area (Å²) in [6.45, 7) is 0. The average Bonchev–Trinajstić information content (AvgIpc) is 3.24. The van der Waals surface area contributed by atoms with Crippen molar-refractivity contribution in [1.29, 1.82) is 0 Å². The first-order chi connectivity index (χ1) is 14.0. The van der Waals surface area contributed by atoms with Gasteiger partial charge in [0.05, 0.1) is 12.0 Å². The van der Waals surface area contributed by atoms with Crippen molar-refractivity contribution in [2.45, 2.75) is 6.42 Å². The third-order valence-corrected chi connectivity index (χ3v) is 4.62. The molecule has 0 unspecified atom stereocenters. The third kappa shape index (κ3) is 3.90. The van der Waals surface area contributed by atoms with Crippen LogP contribution in [0.5, 0.6) is 0 Å². The summed E-state index contributed by atoms with van der Waals surface area (Å²) in [5.74, 6) is -2.12. The van der Waals surface area contributed by atoms with Crippen LogP contribution in [0, 0.1) is 11.6 Å². The molecule has 0 N–H and O–H groups in total. The largest absolute Gasteiger partial charge is 0.423 e. The second-order valence-corrected chi connectivity index (χ2v) is 6.58. The van der Waals surface area contributed by atoms with Crippen molar-refractivity contribution in [3.05, 3.63) is 89.0 Å². The lowest BCUT2D eigenvalue weighted by molar-refractivity contribution is 0.0984. The molecule has 0 atom stereocenters. The van der Waals surface area contributed by atoms with Gasteiger partial charge in [-0.05, 0) is 36.4 Å². The SMILES string of the molecule is O=C(Cc1ccc(-c2cc(-c3nnco3)ccc2Cl)cn1)c1c(F)cccc1F. The Labute approximate surface area is 169 Å². The molecule has 0 spiro atoms. The molecule has 2 aromatic heterocycles. The topological polar surface area (TPSA) is 68.9 Å². The first-order valence-corrected chi connectivity index (χ1v) is 8.89. The molecular weight excluding hydrogens is 400 g/mol. The number of carbonyl (C=O) groups is 1. The molecule has 0 aliphatic heterocycles. The van der Waals surface area contributed by atoms with Crippen LogP contribution in [0.2, 0.25) is 5.02 Å². The monoisotopic (exact) mass is 411 g/mol. The van der Waals surface area contributed by atoms with Gasteiger partial charge in [-0.1, -0.05) is 23.7 Å². The molecule has 0 saturated carbocycles. The maximum Gasteiger partial charge on any atom is 0.247 e. The molecule has 0 saturated heterocycles. The Bertz CT molecular complexity index is 1160. The van der Waals surface area contributed by atoms with Crippen LogP contribution in [-0.2, 0) is 6.42 Å². The van der Waals surface area contributed by atoms with E-state index in [-0.39, 0.29) is 6.42 Å². The molecule has 4 aromatic rings. The molecule has 0 bridgehead atoms. The second kappa shape index (κ2) is 7.89. The Kier molecular flexibility index (Phi) is 5.14. The number of halogens is 3. The predicted octanol–water partition coefficient (Wildman–Crippen LogP) is 5.16. The predicted molar refractivity (Wildman–Crippen MR) is 102 cm³/mol. The maximum absolute atomic E-state index is 13.8. The first kappa shape index (κ1) is 18.9. The second-order valence-electron chi connectivity index (χ2n) is 6.17. The number of benzene rings is 2. The highest BCUT2D eigenvalue weighted by Gasteiger charge is 2.18. The van der Waals surface area contributed by atoms with Gasteiger partial charge in [0.2, 0.25) is 12.3 Å². The van der Waals surface area contributed by atoms with Crippen molar-refractivity contribution in [3.63, 3.8) is 0 Å². The van der Waals surface area contributed by atoms with Crippen molar-refractivity contribution in [2.24, 2.45) is 0 Å². The Hall–Kier alpha value is -3.45. The first-order valence-electron chi connectivity index (χ1n) is 8.51. The highest BCUT2D eigenvalue weighted by molar-refractivity contribution is 6.33. The number of rotatable bonds is 5. The molecule has 0 aliphatic carbocycles. The lowest BCUT2D eigenvalue weighted by atomic mass is 10.0. The molecule has 144 valence electrons. The minimum Gasteiger partial charge on any atom is -0.423 e. The van der Waals surface area contributed by atoms with E-state index in [1.165, 1.54) is 12.5 Å². The molecule has 0 radical (unpaired) electrons. The van der Waals surface area contributed by atoms with Crippen molar-refractivity contribution in [3.8, 4) is 22.6 Å². The molecule has 0 amide bonds. The number of hydrogen-bond acceptors (Lipinski definition) is 5. The Morgan fingerprint density at radius 3 is 2.45 bits per heavy atom. The summed E-state index contributed by atoms with van der Waals surface area (Å²) in [7, 11) is 0. The molecule has 29 heavy (non-hydrogen) atoms. The van der Waals surface area contributed by atoms with Crippen LogP contribution in [0.1, 0.15) is 16.1 Å². The zero-order valence-corrected chi connectivity index (χ0v) is 15.5. The van der Waals surface area contributed by atoms with Gasteiger partial charge in [-0.3, -0.25) is 9.78 Å². The summed E-state index contributed by atoms with van der Waals surface area (Å²) < 4.78 is 32.7. The molecule has 8 heteroatoms. The van der Waals surface area contributed by atoms with Crippen LogP contribution in [0.25, 0.3) is 22.6 Å². The quantitative estimate of drug-likeness (QED) is 0.424. The summed E-state index contributed by atoms with van der Waals surface area (Å²) in [5.41, 5.74) is 1.90. The number of Topliss-reactive ketones (excluding diaryl/α,β-unsaturated/α-hetero) is 1. The van der Waals surface area contributed by atoms with Crippen molar-refractivity contribution in [1.82, 2.24) is 15.2 Å². The van der Waals surface area contributed by atoms with Crippen LogP contribution in [0.4, 0.5) is 8.78 Å². The fourth-order valence-electron chi connectivity index (χ4n) is 2.88. The Morgan fingerprint density at radius 1 is 1.03 bits per heavy atom. The van der Waals surface area contributed by atoms with E-state index >= 15 is 0 Å². The van der Waals surface area contributed by atoms with E-state index in [2.05, 4.69) is 15.2 Å². The average molecular weight is 412 g/mol. The van der Waals surface area contributed by atoms with Gasteiger partial charge in [-0.15, -0.1) is 10.2 Å². The van der Waals surface area contributed by atoms with E-state index in [0.717, 1.165) is 12.1 Å². The van der Waals surface area contributed by atoms with Crippen LogP contribution in [0.15, 0.2) is 65.5 Å². The zero-order chi connectivity index (χ0) is 20.4. The van der Waals surface area contributed by atoms with Gasteiger partial charge in [0, 0.05) is 33.6 Å². The standard InChI is InChI=1S/C21H12ClF2N3O2/c22-16-7-5-12(21-27-26-11-29-21)8-15(16)13-4-6-14(25-10-13)9-19(28)20-17(23)2-1-3-18(20)24/h1-8,10-11H,9H2. The van der Waals surface area contributed by atoms with Gasteiger partial charge in [-0.25, -0.2) is 8.78 Å². The number of nitrogens with zero attached hydrogens (tertiary/aromatic N) is 3. The number of carbonyl (C=O) groups excluding carboxylic acids is 1. The summed E-state index contributed by atoms with van der Waals surface area (Å²) in [6.07, 6.45) is 2.54. The van der Waals surface area contributed by atoms with Crippen LogP contribution in [0.3, 0.4) is 0 Å². The summed E-state index contributed by atoms with van der Waals surface area (Å²) in [5, 5.41) is 8.01. The summed E-state index contributed by atoms with van der Waals surface area (Å²) in [4.78, 5) is 16.5. The third-order valence-electron chi connectivity index (χ3n) is 4.29. The Morgan fingerprint density at radius 2 is 1.79 bits per heavy atom. The summed E-state index contributed by atoms with van der Waals surface area (Å²) in [6, 6.07) is 11.9. The van der Waals surface area contributed by atoms with E-state index in [9.17, 15) is 13.6 Å². The number of hydrogen-bond donors (Lipinski definition) is 0. The molecule has 5 nitrogen and oxygen atoms in total. The molecule has 0 fully saturated rings. The van der Waals surface area contributed by atoms with Gasteiger partial charge in [0.25, 0.3) is 0 Å².